The zero-order valence-electron chi connectivity index (χ0n) is 16.5. The number of ketones is 1. The minimum atomic E-state index is -0.350. The molecule has 0 spiro atoms. The van der Waals surface area contributed by atoms with E-state index in [1.54, 1.807) is 42.6 Å². The van der Waals surface area contributed by atoms with Gasteiger partial charge in [0, 0.05) is 32.3 Å². The lowest BCUT2D eigenvalue weighted by molar-refractivity contribution is 0.101. The maximum absolute atomic E-state index is 15.4. The Kier molecular flexibility index (Phi) is 5.73. The number of pyridine rings is 1. The first kappa shape index (κ1) is 19.5. The number of aromatic nitrogens is 1. The van der Waals surface area contributed by atoms with Crippen molar-refractivity contribution in [1.29, 1.82) is 0 Å². The molecule has 2 aromatic carbocycles. The highest BCUT2D eigenvalue weighted by Crippen LogP contribution is 2.35. The van der Waals surface area contributed by atoms with Gasteiger partial charge in [0.1, 0.15) is 17.4 Å². The predicted molar refractivity (Wildman–Crippen MR) is 110 cm³/mol. The molecule has 0 saturated carbocycles. The van der Waals surface area contributed by atoms with Crippen molar-refractivity contribution in [2.75, 3.05) is 26.1 Å². The lowest BCUT2D eigenvalue weighted by Crippen LogP contribution is -2.10. The van der Waals surface area contributed by atoms with Crippen molar-refractivity contribution in [1.82, 2.24) is 4.98 Å². The zero-order chi connectivity index (χ0) is 20.3. The summed E-state index contributed by atoms with van der Waals surface area (Å²) in [5.41, 5.74) is 2.97. The van der Waals surface area contributed by atoms with E-state index in [1.165, 1.54) is 14.0 Å². The summed E-state index contributed by atoms with van der Waals surface area (Å²) in [4.78, 5) is 18.0. The summed E-state index contributed by atoms with van der Waals surface area (Å²) < 4.78 is 20.8. The fourth-order valence-corrected chi connectivity index (χ4v) is 3.08. The van der Waals surface area contributed by atoms with E-state index in [2.05, 4.69) is 4.98 Å². The molecule has 3 rings (SSSR count). The fourth-order valence-electron chi connectivity index (χ4n) is 3.08. The van der Waals surface area contributed by atoms with Crippen molar-refractivity contribution in [2.45, 2.75) is 13.3 Å². The summed E-state index contributed by atoms with van der Waals surface area (Å²) in [6.45, 7) is 1.49. The van der Waals surface area contributed by atoms with Crippen LogP contribution in [0.3, 0.4) is 0 Å². The first-order valence-electron chi connectivity index (χ1n) is 8.99. The SMILES string of the molecule is COc1ccc(Cc2ccc(N(C)C)nc2)c(F)c1-c1cccc(C(C)=O)c1. The second kappa shape index (κ2) is 8.21. The number of rotatable bonds is 6. The zero-order valence-corrected chi connectivity index (χ0v) is 16.5. The second-order valence-electron chi connectivity index (χ2n) is 6.85. The minimum Gasteiger partial charge on any atom is -0.496 e. The van der Waals surface area contributed by atoms with Gasteiger partial charge in [-0.1, -0.05) is 30.3 Å². The van der Waals surface area contributed by atoms with Gasteiger partial charge in [0.25, 0.3) is 0 Å². The van der Waals surface area contributed by atoms with Crippen molar-refractivity contribution >= 4 is 11.6 Å². The molecule has 0 saturated heterocycles. The molecule has 4 nitrogen and oxygen atoms in total. The van der Waals surface area contributed by atoms with Crippen LogP contribution in [0.1, 0.15) is 28.4 Å². The minimum absolute atomic E-state index is 0.0653. The van der Waals surface area contributed by atoms with E-state index in [4.69, 9.17) is 4.74 Å². The number of halogens is 1. The number of benzene rings is 2. The van der Waals surface area contributed by atoms with Crippen LogP contribution in [0.15, 0.2) is 54.7 Å². The number of carbonyl (C=O) groups excluding carboxylic acids is 1. The Morgan fingerprint density at radius 3 is 2.54 bits per heavy atom. The highest BCUT2D eigenvalue weighted by atomic mass is 19.1. The largest absolute Gasteiger partial charge is 0.496 e. The number of carbonyl (C=O) groups is 1. The molecule has 0 amide bonds. The third-order valence-corrected chi connectivity index (χ3v) is 4.62. The number of hydrogen-bond acceptors (Lipinski definition) is 4. The molecule has 0 fully saturated rings. The van der Waals surface area contributed by atoms with Crippen molar-refractivity contribution in [3.05, 3.63) is 77.2 Å². The normalized spacial score (nSPS) is 10.6. The molecule has 144 valence electrons. The molecule has 0 bridgehead atoms. The van der Waals surface area contributed by atoms with Gasteiger partial charge in [-0.15, -0.1) is 0 Å². The molecular formula is C23H23FN2O2. The van der Waals surface area contributed by atoms with Crippen LogP contribution in [0.25, 0.3) is 11.1 Å². The van der Waals surface area contributed by atoms with E-state index >= 15 is 4.39 Å². The Hall–Kier alpha value is -3.21. The van der Waals surface area contributed by atoms with Crippen molar-refractivity contribution < 1.29 is 13.9 Å². The Morgan fingerprint density at radius 1 is 1.14 bits per heavy atom. The van der Waals surface area contributed by atoms with Crippen LogP contribution in [0.2, 0.25) is 0 Å². The fraction of sp³-hybridized carbons (Fsp3) is 0.217. The first-order valence-corrected chi connectivity index (χ1v) is 8.99. The van der Waals surface area contributed by atoms with Gasteiger partial charge >= 0.3 is 0 Å². The van der Waals surface area contributed by atoms with E-state index in [9.17, 15) is 4.79 Å². The Labute approximate surface area is 164 Å². The van der Waals surface area contributed by atoms with Crippen molar-refractivity contribution in [3.63, 3.8) is 0 Å². The molecule has 28 heavy (non-hydrogen) atoms. The standard InChI is InChI=1S/C23H23FN2O2/c1-15(27)17-6-5-7-18(13-17)22-20(28-4)10-9-19(23(22)24)12-16-8-11-21(25-14-16)26(2)3/h5-11,13-14H,12H2,1-4H3. The predicted octanol–water partition coefficient (Wildman–Crippen LogP) is 4.76. The second-order valence-corrected chi connectivity index (χ2v) is 6.85. The molecule has 5 heteroatoms. The van der Waals surface area contributed by atoms with Gasteiger partial charge in [0.15, 0.2) is 5.78 Å². The third-order valence-electron chi connectivity index (χ3n) is 4.62. The van der Waals surface area contributed by atoms with Crippen LogP contribution >= 0.6 is 0 Å². The molecule has 0 unspecified atom stereocenters. The number of ether oxygens (including phenoxy) is 1. The lowest BCUT2D eigenvalue weighted by Gasteiger charge is -2.15. The van der Waals surface area contributed by atoms with Crippen molar-refractivity contribution in [3.8, 4) is 16.9 Å². The van der Waals surface area contributed by atoms with Gasteiger partial charge in [0.05, 0.1) is 12.7 Å². The van der Waals surface area contributed by atoms with E-state index in [0.717, 1.165) is 11.4 Å². The lowest BCUT2D eigenvalue weighted by atomic mass is 9.96. The van der Waals surface area contributed by atoms with Crippen LogP contribution in [0.5, 0.6) is 5.75 Å². The van der Waals surface area contributed by atoms with Crippen LogP contribution in [-0.4, -0.2) is 32.0 Å². The maximum Gasteiger partial charge on any atom is 0.159 e. The van der Waals surface area contributed by atoms with E-state index in [1.807, 2.05) is 31.1 Å². The smallest absolute Gasteiger partial charge is 0.159 e. The van der Waals surface area contributed by atoms with Gasteiger partial charge < -0.3 is 9.64 Å². The number of hydrogen-bond donors (Lipinski definition) is 0. The van der Waals surface area contributed by atoms with E-state index in [0.29, 0.717) is 34.4 Å². The molecule has 0 aliphatic heterocycles. The topological polar surface area (TPSA) is 42.4 Å². The Morgan fingerprint density at radius 2 is 1.93 bits per heavy atom. The average Bonchev–Trinajstić information content (AvgIpc) is 2.69. The van der Waals surface area contributed by atoms with Crippen LogP contribution in [-0.2, 0) is 6.42 Å². The monoisotopic (exact) mass is 378 g/mol. The van der Waals surface area contributed by atoms with Crippen LogP contribution in [0, 0.1) is 5.82 Å². The van der Waals surface area contributed by atoms with Crippen LogP contribution in [0.4, 0.5) is 10.2 Å². The molecule has 0 aliphatic carbocycles. The quantitative estimate of drug-likeness (QED) is 0.580. The molecule has 3 aromatic rings. The van der Waals surface area contributed by atoms with Gasteiger partial charge in [-0.25, -0.2) is 9.37 Å². The summed E-state index contributed by atoms with van der Waals surface area (Å²) in [7, 11) is 5.36. The Balaban J connectivity index is 2.02. The van der Waals surface area contributed by atoms with Gasteiger partial charge in [-0.05, 0) is 41.8 Å². The summed E-state index contributed by atoms with van der Waals surface area (Å²) in [5.74, 6) is 0.866. The van der Waals surface area contributed by atoms with Crippen LogP contribution < -0.4 is 9.64 Å². The molecule has 1 aromatic heterocycles. The van der Waals surface area contributed by atoms with E-state index < -0.39 is 0 Å². The summed E-state index contributed by atoms with van der Waals surface area (Å²) in [6.07, 6.45) is 2.17. The van der Waals surface area contributed by atoms with Crippen molar-refractivity contribution in [2.24, 2.45) is 0 Å². The first-order chi connectivity index (χ1) is 13.4. The molecular weight excluding hydrogens is 355 g/mol. The number of anilines is 1. The molecule has 0 radical (unpaired) electrons. The molecule has 1 heterocycles. The molecule has 0 aliphatic rings. The molecule has 0 N–H and O–H groups in total. The summed E-state index contributed by atoms with van der Waals surface area (Å²) in [6, 6.07) is 14.3. The maximum atomic E-state index is 15.4. The molecule has 0 atom stereocenters. The highest BCUT2D eigenvalue weighted by molar-refractivity contribution is 5.95. The van der Waals surface area contributed by atoms with Gasteiger partial charge in [-0.3, -0.25) is 4.79 Å². The number of nitrogens with zero attached hydrogens (tertiary/aromatic N) is 2. The summed E-state index contributed by atoms with van der Waals surface area (Å²) in [5, 5.41) is 0. The number of methoxy groups -OCH3 is 1. The Bertz CT molecular complexity index is 998. The highest BCUT2D eigenvalue weighted by Gasteiger charge is 2.17. The average molecular weight is 378 g/mol. The number of Topliss-reactive ketones (excluding diaryl/α,β-unsaturated/α-hetero) is 1. The van der Waals surface area contributed by atoms with Gasteiger partial charge in [-0.2, -0.15) is 0 Å². The van der Waals surface area contributed by atoms with E-state index in [-0.39, 0.29) is 11.6 Å². The summed E-state index contributed by atoms with van der Waals surface area (Å²) >= 11 is 0. The third kappa shape index (κ3) is 4.03. The van der Waals surface area contributed by atoms with Gasteiger partial charge in [0.2, 0.25) is 0 Å².